The number of hydrazone groups is 1. The molecule has 2 aromatic carbocycles. The second kappa shape index (κ2) is 8.45. The first-order valence-corrected chi connectivity index (χ1v) is 7.99. The number of hydrogen-bond acceptors (Lipinski definition) is 5. The van der Waals surface area contributed by atoms with E-state index in [9.17, 15) is 0 Å². The van der Waals surface area contributed by atoms with Crippen molar-refractivity contribution in [2.24, 2.45) is 5.10 Å². The Kier molecular flexibility index (Phi) is 6.07. The van der Waals surface area contributed by atoms with Crippen molar-refractivity contribution < 1.29 is 0 Å². The highest BCUT2D eigenvalue weighted by Crippen LogP contribution is 2.20. The Labute approximate surface area is 154 Å². The van der Waals surface area contributed by atoms with E-state index in [2.05, 4.69) is 26.5 Å². The lowest BCUT2D eigenvalue weighted by atomic mass is 10.0. The van der Waals surface area contributed by atoms with Gasteiger partial charge in [-0.15, -0.1) is 0 Å². The van der Waals surface area contributed by atoms with Gasteiger partial charge in [0.15, 0.2) is 0 Å². The Morgan fingerprint density at radius 2 is 1.44 bits per heavy atom. The summed E-state index contributed by atoms with van der Waals surface area (Å²) < 4.78 is 1.00. The molecule has 0 aliphatic carbocycles. The van der Waals surface area contributed by atoms with E-state index in [4.69, 9.17) is 15.8 Å². The Balaban J connectivity index is 2.19. The van der Waals surface area contributed by atoms with Gasteiger partial charge in [-0.2, -0.15) is 20.9 Å². The van der Waals surface area contributed by atoms with Crippen molar-refractivity contribution in [2.45, 2.75) is 6.92 Å². The SMILES string of the molecule is C/C(=N\Nc1ccc(C(C#N)=C(C#N)C#N)cc1)c1ccc(Br)cc1. The number of nitrogens with one attached hydrogen (secondary N) is 1. The number of nitrogens with zero attached hydrogens (tertiary/aromatic N) is 4. The second-order valence-corrected chi connectivity index (χ2v) is 5.89. The van der Waals surface area contributed by atoms with Crippen LogP contribution in [-0.2, 0) is 0 Å². The lowest BCUT2D eigenvalue weighted by Gasteiger charge is -2.05. The summed E-state index contributed by atoms with van der Waals surface area (Å²) in [5.41, 5.74) is 5.87. The third-order valence-corrected chi connectivity index (χ3v) is 3.90. The van der Waals surface area contributed by atoms with E-state index in [-0.39, 0.29) is 11.1 Å². The van der Waals surface area contributed by atoms with Crippen LogP contribution < -0.4 is 5.43 Å². The number of anilines is 1. The second-order valence-electron chi connectivity index (χ2n) is 4.98. The zero-order chi connectivity index (χ0) is 18.2. The number of hydrogen-bond donors (Lipinski definition) is 1. The van der Waals surface area contributed by atoms with Crippen LogP contribution >= 0.6 is 15.9 Å². The number of allylic oxidation sites excluding steroid dienone is 2. The van der Waals surface area contributed by atoms with Crippen molar-refractivity contribution in [1.29, 1.82) is 15.8 Å². The fraction of sp³-hybridized carbons (Fsp3) is 0.0526. The summed E-state index contributed by atoms with van der Waals surface area (Å²) in [7, 11) is 0. The zero-order valence-corrected chi connectivity index (χ0v) is 14.9. The number of nitriles is 3. The summed E-state index contributed by atoms with van der Waals surface area (Å²) in [6, 6.07) is 20.0. The Hall–Kier alpha value is -3.40. The van der Waals surface area contributed by atoms with Gasteiger partial charge >= 0.3 is 0 Å². The molecule has 0 fully saturated rings. The number of halogens is 1. The molecule has 0 spiro atoms. The van der Waals surface area contributed by atoms with Crippen molar-refractivity contribution in [1.82, 2.24) is 0 Å². The molecule has 0 aromatic heterocycles. The van der Waals surface area contributed by atoms with E-state index in [0.29, 0.717) is 5.56 Å². The molecule has 0 aliphatic heterocycles. The molecule has 0 saturated carbocycles. The van der Waals surface area contributed by atoms with Gasteiger partial charge < -0.3 is 0 Å². The Bertz CT molecular complexity index is 933. The lowest BCUT2D eigenvalue weighted by Crippen LogP contribution is -1.99. The van der Waals surface area contributed by atoms with E-state index in [1.54, 1.807) is 36.4 Å². The maximum atomic E-state index is 9.15. The molecule has 0 atom stereocenters. The largest absolute Gasteiger partial charge is 0.278 e. The molecule has 0 radical (unpaired) electrons. The first-order chi connectivity index (χ1) is 12.1. The standard InChI is InChI=1S/C19H12BrN5/c1-13(14-2-6-17(20)7-3-14)24-25-18-8-4-15(5-9-18)19(12-23)16(10-21)11-22/h2-9,25H,1H3/b24-13+. The van der Waals surface area contributed by atoms with E-state index < -0.39 is 0 Å². The van der Waals surface area contributed by atoms with Crippen LogP contribution in [0.5, 0.6) is 0 Å². The van der Waals surface area contributed by atoms with Crippen LogP contribution in [0, 0.1) is 34.0 Å². The fourth-order valence-electron chi connectivity index (χ4n) is 2.02. The summed E-state index contributed by atoms with van der Waals surface area (Å²) in [4.78, 5) is 0. The molecule has 1 N–H and O–H groups in total. The minimum absolute atomic E-state index is 0.0612. The van der Waals surface area contributed by atoms with Gasteiger partial charge in [0.1, 0.15) is 23.8 Å². The maximum Gasteiger partial charge on any atom is 0.148 e. The van der Waals surface area contributed by atoms with Crippen LogP contribution in [0.2, 0.25) is 0 Å². The van der Waals surface area contributed by atoms with Gasteiger partial charge in [-0.25, -0.2) is 0 Å². The fourth-order valence-corrected chi connectivity index (χ4v) is 2.28. The summed E-state index contributed by atoms with van der Waals surface area (Å²) in [5.74, 6) is 0. The molecule has 0 amide bonds. The molecular formula is C19H12BrN5. The summed E-state index contributed by atoms with van der Waals surface area (Å²) in [5, 5.41) is 31.3. The van der Waals surface area contributed by atoms with Gasteiger partial charge in [0.2, 0.25) is 0 Å². The first-order valence-electron chi connectivity index (χ1n) is 7.20. The average molecular weight is 390 g/mol. The van der Waals surface area contributed by atoms with Crippen LogP contribution in [0.15, 0.2) is 63.7 Å². The summed E-state index contributed by atoms with van der Waals surface area (Å²) >= 11 is 3.39. The van der Waals surface area contributed by atoms with E-state index >= 15 is 0 Å². The molecule has 5 nitrogen and oxygen atoms in total. The molecule has 0 bridgehead atoms. The monoisotopic (exact) mass is 389 g/mol. The highest BCUT2D eigenvalue weighted by atomic mass is 79.9. The quantitative estimate of drug-likeness (QED) is 0.469. The van der Waals surface area contributed by atoms with Crippen molar-refractivity contribution in [3.05, 3.63) is 69.7 Å². The lowest BCUT2D eigenvalue weighted by molar-refractivity contribution is 1.32. The molecule has 0 heterocycles. The highest BCUT2D eigenvalue weighted by Gasteiger charge is 2.08. The summed E-state index contributed by atoms with van der Waals surface area (Å²) in [6.07, 6.45) is 0. The van der Waals surface area contributed by atoms with Gasteiger partial charge in [-0.1, -0.05) is 40.2 Å². The van der Waals surface area contributed by atoms with Crippen molar-refractivity contribution in [3.8, 4) is 18.2 Å². The predicted octanol–water partition coefficient (Wildman–Crippen LogP) is 4.61. The van der Waals surface area contributed by atoms with Gasteiger partial charge in [0.25, 0.3) is 0 Å². The molecule has 120 valence electrons. The molecule has 0 saturated heterocycles. The van der Waals surface area contributed by atoms with Crippen molar-refractivity contribution in [2.75, 3.05) is 5.43 Å². The molecule has 0 unspecified atom stereocenters. The van der Waals surface area contributed by atoms with Gasteiger partial charge in [-0.3, -0.25) is 5.43 Å². The predicted molar refractivity (Wildman–Crippen MR) is 100 cm³/mol. The number of rotatable bonds is 4. The topological polar surface area (TPSA) is 95.8 Å². The molecular weight excluding hydrogens is 378 g/mol. The zero-order valence-electron chi connectivity index (χ0n) is 13.3. The molecule has 0 aliphatic rings. The van der Waals surface area contributed by atoms with Crippen LogP contribution in [0.4, 0.5) is 5.69 Å². The van der Waals surface area contributed by atoms with Crippen LogP contribution in [-0.4, -0.2) is 5.71 Å². The molecule has 2 rings (SSSR count). The normalized spacial score (nSPS) is 10.1. The molecule has 2 aromatic rings. The number of benzene rings is 2. The Morgan fingerprint density at radius 1 is 0.880 bits per heavy atom. The van der Waals surface area contributed by atoms with Crippen LogP contribution in [0.3, 0.4) is 0 Å². The van der Waals surface area contributed by atoms with E-state index in [1.807, 2.05) is 37.3 Å². The Morgan fingerprint density at radius 3 is 1.96 bits per heavy atom. The first kappa shape index (κ1) is 17.9. The minimum Gasteiger partial charge on any atom is -0.278 e. The third-order valence-electron chi connectivity index (χ3n) is 3.37. The van der Waals surface area contributed by atoms with Crippen LogP contribution in [0.25, 0.3) is 5.57 Å². The molecule has 25 heavy (non-hydrogen) atoms. The van der Waals surface area contributed by atoms with Crippen molar-refractivity contribution in [3.63, 3.8) is 0 Å². The van der Waals surface area contributed by atoms with E-state index in [0.717, 1.165) is 21.4 Å². The van der Waals surface area contributed by atoms with Crippen molar-refractivity contribution >= 4 is 32.9 Å². The maximum absolute atomic E-state index is 9.15. The van der Waals surface area contributed by atoms with Gasteiger partial charge in [0.05, 0.1) is 17.0 Å². The van der Waals surface area contributed by atoms with Gasteiger partial charge in [-0.05, 0) is 42.3 Å². The smallest absolute Gasteiger partial charge is 0.148 e. The average Bonchev–Trinajstić information content (AvgIpc) is 2.65. The summed E-state index contributed by atoms with van der Waals surface area (Å²) in [6.45, 7) is 1.90. The van der Waals surface area contributed by atoms with Crippen LogP contribution in [0.1, 0.15) is 18.1 Å². The van der Waals surface area contributed by atoms with E-state index in [1.165, 1.54) is 0 Å². The third kappa shape index (κ3) is 4.54. The molecule has 6 heteroatoms. The minimum atomic E-state index is -0.202. The highest BCUT2D eigenvalue weighted by molar-refractivity contribution is 9.10. The van der Waals surface area contributed by atoms with Gasteiger partial charge in [0, 0.05) is 4.47 Å².